The van der Waals surface area contributed by atoms with E-state index in [1.807, 2.05) is 18.2 Å². The molecule has 5 heteroatoms. The van der Waals surface area contributed by atoms with Gasteiger partial charge in [-0.05, 0) is 36.6 Å². The molecule has 0 aromatic heterocycles. The Bertz CT molecular complexity index is 452. The van der Waals surface area contributed by atoms with Crippen LogP contribution in [0, 0.1) is 5.41 Å². The van der Waals surface area contributed by atoms with Crippen LogP contribution in [0.15, 0.2) is 22.7 Å². The van der Waals surface area contributed by atoms with Crippen LogP contribution >= 0.6 is 15.9 Å². The number of ether oxygens (including phenoxy) is 2. The molecule has 2 rings (SSSR count). The molecule has 0 amide bonds. The first kappa shape index (κ1) is 13.4. The summed E-state index contributed by atoms with van der Waals surface area (Å²) in [6.45, 7) is 0.778. The van der Waals surface area contributed by atoms with Crippen molar-refractivity contribution in [2.24, 2.45) is 5.41 Å². The molecular formula is C13H15BrO4. The molecule has 4 nitrogen and oxygen atoms in total. The van der Waals surface area contributed by atoms with Crippen LogP contribution in [-0.4, -0.2) is 31.4 Å². The zero-order chi connectivity index (χ0) is 13.2. The first-order valence-electron chi connectivity index (χ1n) is 5.71. The van der Waals surface area contributed by atoms with Gasteiger partial charge in [0, 0.05) is 11.1 Å². The molecule has 1 atom stereocenters. The van der Waals surface area contributed by atoms with Gasteiger partial charge in [-0.25, -0.2) is 0 Å². The minimum atomic E-state index is -0.811. The third-order valence-electron chi connectivity index (χ3n) is 3.34. The summed E-state index contributed by atoms with van der Waals surface area (Å²) < 4.78 is 11.3. The van der Waals surface area contributed by atoms with Gasteiger partial charge in [0.05, 0.1) is 19.1 Å². The summed E-state index contributed by atoms with van der Waals surface area (Å²) in [6, 6.07) is 5.58. The van der Waals surface area contributed by atoms with Crippen molar-refractivity contribution in [1.82, 2.24) is 0 Å². The first-order chi connectivity index (χ1) is 8.57. The van der Waals surface area contributed by atoms with Gasteiger partial charge < -0.3 is 14.6 Å². The van der Waals surface area contributed by atoms with Gasteiger partial charge in [-0.2, -0.15) is 0 Å². The molecule has 98 valence electrons. The largest absolute Gasteiger partial charge is 0.497 e. The zero-order valence-corrected chi connectivity index (χ0v) is 11.7. The predicted octanol–water partition coefficient (Wildman–Crippen LogP) is 2.49. The molecule has 1 fully saturated rings. The van der Waals surface area contributed by atoms with Crippen molar-refractivity contribution in [3.63, 3.8) is 0 Å². The quantitative estimate of drug-likeness (QED) is 0.927. The lowest BCUT2D eigenvalue weighted by Gasteiger charge is -2.22. The molecule has 0 aliphatic carbocycles. The number of hydrogen-bond donors (Lipinski definition) is 1. The monoisotopic (exact) mass is 314 g/mol. The molecule has 1 unspecified atom stereocenters. The molecule has 1 aromatic rings. The fraction of sp³-hybridized carbons (Fsp3) is 0.462. The maximum atomic E-state index is 11.5. The van der Waals surface area contributed by atoms with E-state index in [-0.39, 0.29) is 6.61 Å². The lowest BCUT2D eigenvalue weighted by Crippen LogP contribution is -2.33. The molecular weight excluding hydrogens is 300 g/mol. The summed E-state index contributed by atoms with van der Waals surface area (Å²) in [6.07, 6.45) is 0.992. The number of carbonyl (C=O) groups is 1. The highest BCUT2D eigenvalue weighted by Gasteiger charge is 2.42. The van der Waals surface area contributed by atoms with Crippen LogP contribution in [0.4, 0.5) is 0 Å². The maximum absolute atomic E-state index is 11.5. The molecule has 0 spiro atoms. The Morgan fingerprint density at radius 1 is 1.61 bits per heavy atom. The van der Waals surface area contributed by atoms with E-state index in [2.05, 4.69) is 15.9 Å². The Morgan fingerprint density at radius 3 is 2.94 bits per heavy atom. The lowest BCUT2D eigenvalue weighted by atomic mass is 9.81. The van der Waals surface area contributed by atoms with Gasteiger partial charge >= 0.3 is 5.97 Å². The van der Waals surface area contributed by atoms with E-state index in [0.717, 1.165) is 15.8 Å². The van der Waals surface area contributed by atoms with Crippen molar-refractivity contribution in [1.29, 1.82) is 0 Å². The average Bonchev–Trinajstić information content (AvgIpc) is 2.82. The summed E-state index contributed by atoms with van der Waals surface area (Å²) in [5, 5.41) is 9.42. The van der Waals surface area contributed by atoms with E-state index < -0.39 is 11.4 Å². The molecule has 1 aliphatic rings. The van der Waals surface area contributed by atoms with Crippen molar-refractivity contribution in [3.8, 4) is 5.75 Å². The number of benzene rings is 1. The third kappa shape index (κ3) is 2.52. The maximum Gasteiger partial charge on any atom is 0.312 e. The fourth-order valence-electron chi connectivity index (χ4n) is 2.17. The number of methoxy groups -OCH3 is 1. The van der Waals surface area contributed by atoms with Gasteiger partial charge in [-0.3, -0.25) is 4.79 Å². The molecule has 0 bridgehead atoms. The van der Waals surface area contributed by atoms with Gasteiger partial charge in [0.15, 0.2) is 0 Å². The second kappa shape index (κ2) is 5.28. The molecule has 1 heterocycles. The Balaban J connectivity index is 2.29. The van der Waals surface area contributed by atoms with Crippen molar-refractivity contribution in [2.75, 3.05) is 20.3 Å². The minimum Gasteiger partial charge on any atom is -0.497 e. The smallest absolute Gasteiger partial charge is 0.312 e. The summed E-state index contributed by atoms with van der Waals surface area (Å²) in [5.74, 6) is -0.0672. The summed E-state index contributed by atoms with van der Waals surface area (Å²) in [5.41, 5.74) is 0.122. The minimum absolute atomic E-state index is 0.270. The van der Waals surface area contributed by atoms with Crippen LogP contribution in [0.2, 0.25) is 0 Å². The molecule has 1 aliphatic heterocycles. The zero-order valence-electron chi connectivity index (χ0n) is 10.1. The standard InChI is InChI=1S/C13H15BrO4/c1-17-10-2-3-11(14)9(6-10)7-13(12(15)16)4-5-18-8-13/h2-3,6H,4-5,7-8H2,1H3,(H,15,16). The van der Waals surface area contributed by atoms with Gasteiger partial charge in [0.25, 0.3) is 0 Å². The highest BCUT2D eigenvalue weighted by molar-refractivity contribution is 9.10. The fourth-order valence-corrected chi connectivity index (χ4v) is 2.56. The van der Waals surface area contributed by atoms with Gasteiger partial charge in [-0.1, -0.05) is 15.9 Å². The average molecular weight is 315 g/mol. The topological polar surface area (TPSA) is 55.8 Å². The molecule has 1 aromatic carbocycles. The molecule has 0 saturated carbocycles. The van der Waals surface area contributed by atoms with Crippen LogP contribution in [0.25, 0.3) is 0 Å². The Labute approximate surface area is 114 Å². The van der Waals surface area contributed by atoms with E-state index in [4.69, 9.17) is 9.47 Å². The normalized spacial score (nSPS) is 23.0. The van der Waals surface area contributed by atoms with Crippen LogP contribution in [0.5, 0.6) is 5.75 Å². The van der Waals surface area contributed by atoms with Crippen molar-refractivity contribution >= 4 is 21.9 Å². The van der Waals surface area contributed by atoms with Crippen molar-refractivity contribution in [2.45, 2.75) is 12.8 Å². The number of hydrogen-bond acceptors (Lipinski definition) is 3. The third-order valence-corrected chi connectivity index (χ3v) is 4.11. The van der Waals surface area contributed by atoms with Gasteiger partial charge in [0.1, 0.15) is 5.75 Å². The number of carboxylic acid groups (broad SMARTS) is 1. The van der Waals surface area contributed by atoms with Gasteiger partial charge in [0.2, 0.25) is 0 Å². The van der Waals surface area contributed by atoms with E-state index in [9.17, 15) is 9.90 Å². The number of carboxylic acids is 1. The molecule has 0 radical (unpaired) electrons. The van der Waals surface area contributed by atoms with E-state index in [1.54, 1.807) is 7.11 Å². The van der Waals surface area contributed by atoms with Crippen molar-refractivity contribution < 1.29 is 19.4 Å². The molecule has 18 heavy (non-hydrogen) atoms. The van der Waals surface area contributed by atoms with E-state index >= 15 is 0 Å². The Kier molecular flexibility index (Phi) is 3.92. The number of rotatable bonds is 4. The summed E-state index contributed by atoms with van der Waals surface area (Å²) in [7, 11) is 1.60. The van der Waals surface area contributed by atoms with Crippen molar-refractivity contribution in [3.05, 3.63) is 28.2 Å². The van der Waals surface area contributed by atoms with E-state index in [1.165, 1.54) is 0 Å². The second-order valence-corrected chi connectivity index (χ2v) is 5.38. The summed E-state index contributed by atoms with van der Waals surface area (Å²) in [4.78, 5) is 11.5. The molecule has 1 N–H and O–H groups in total. The molecule has 1 saturated heterocycles. The Morgan fingerprint density at radius 2 is 2.39 bits per heavy atom. The lowest BCUT2D eigenvalue weighted by molar-refractivity contribution is -0.148. The number of aliphatic carboxylic acids is 1. The Hall–Kier alpha value is -1.07. The highest BCUT2D eigenvalue weighted by Crippen LogP contribution is 2.36. The van der Waals surface area contributed by atoms with Gasteiger partial charge in [-0.15, -0.1) is 0 Å². The van der Waals surface area contributed by atoms with Crippen LogP contribution < -0.4 is 4.74 Å². The van der Waals surface area contributed by atoms with E-state index in [0.29, 0.717) is 19.4 Å². The highest BCUT2D eigenvalue weighted by atomic mass is 79.9. The van der Waals surface area contributed by atoms with Crippen LogP contribution in [0.1, 0.15) is 12.0 Å². The van der Waals surface area contributed by atoms with Crippen LogP contribution in [-0.2, 0) is 16.0 Å². The van der Waals surface area contributed by atoms with Crippen LogP contribution in [0.3, 0.4) is 0 Å². The second-order valence-electron chi connectivity index (χ2n) is 4.52. The predicted molar refractivity (Wildman–Crippen MR) is 69.9 cm³/mol. The number of halogens is 1. The first-order valence-corrected chi connectivity index (χ1v) is 6.50. The SMILES string of the molecule is COc1ccc(Br)c(CC2(C(=O)O)CCOC2)c1. The summed E-state index contributed by atoms with van der Waals surface area (Å²) >= 11 is 3.45.